The minimum atomic E-state index is -0.396. The molecular weight excluding hydrogens is 530 g/mol. The number of nitrogens with zero attached hydrogens (tertiary/aromatic N) is 5. The lowest BCUT2D eigenvalue weighted by Gasteiger charge is -2.34. The van der Waals surface area contributed by atoms with E-state index in [9.17, 15) is 14.4 Å². The van der Waals surface area contributed by atoms with Crippen molar-refractivity contribution in [2.45, 2.75) is 45.3 Å². The summed E-state index contributed by atoms with van der Waals surface area (Å²) < 4.78 is 7.59. The van der Waals surface area contributed by atoms with Crippen LogP contribution in [0.5, 0.6) is 0 Å². The molecule has 2 aliphatic rings. The minimum absolute atomic E-state index is 0.0352. The SMILES string of the molecule is CC(C)N1CCC(NC(=O)c2cc(C(=O)N3CCNC(=O)C3)nn2Cc2cc(-c3ccc(Cl)s3)on2)CC1. The highest BCUT2D eigenvalue weighted by Crippen LogP contribution is 2.31. The van der Waals surface area contributed by atoms with Crippen LogP contribution in [0.1, 0.15) is 53.4 Å². The molecule has 0 bridgehead atoms. The number of hydrogen-bond acceptors (Lipinski definition) is 8. The Balaban J connectivity index is 1.36. The molecular formula is C25H30ClN7O4S. The monoisotopic (exact) mass is 559 g/mol. The van der Waals surface area contributed by atoms with Crippen LogP contribution in [0.2, 0.25) is 4.34 Å². The Hall–Kier alpha value is -3.22. The molecule has 0 aromatic carbocycles. The molecule has 0 saturated carbocycles. The number of halogens is 1. The second-order valence-electron chi connectivity index (χ2n) is 9.81. The molecule has 0 radical (unpaired) electrons. The number of carbonyl (C=O) groups excluding carboxylic acids is 3. The predicted octanol–water partition coefficient (Wildman–Crippen LogP) is 2.48. The Labute approximate surface area is 229 Å². The van der Waals surface area contributed by atoms with Gasteiger partial charge in [-0.3, -0.25) is 19.1 Å². The Morgan fingerprint density at radius 2 is 2.03 bits per heavy atom. The van der Waals surface area contributed by atoms with Crippen LogP contribution in [0.4, 0.5) is 0 Å². The van der Waals surface area contributed by atoms with Crippen LogP contribution < -0.4 is 10.6 Å². The van der Waals surface area contributed by atoms with Gasteiger partial charge in [0.2, 0.25) is 5.91 Å². The minimum Gasteiger partial charge on any atom is -0.355 e. The predicted molar refractivity (Wildman–Crippen MR) is 142 cm³/mol. The van der Waals surface area contributed by atoms with E-state index in [1.807, 2.05) is 6.07 Å². The largest absolute Gasteiger partial charge is 0.355 e. The van der Waals surface area contributed by atoms with Crippen molar-refractivity contribution in [3.63, 3.8) is 0 Å². The van der Waals surface area contributed by atoms with E-state index in [0.29, 0.717) is 34.9 Å². The Bertz CT molecular complexity index is 1320. The van der Waals surface area contributed by atoms with Gasteiger partial charge in [-0.05, 0) is 38.8 Å². The van der Waals surface area contributed by atoms with Crippen LogP contribution in [-0.2, 0) is 11.3 Å². The number of rotatable bonds is 7. The molecule has 3 aromatic heterocycles. The van der Waals surface area contributed by atoms with Crippen LogP contribution in [0.15, 0.2) is 28.8 Å². The lowest BCUT2D eigenvalue weighted by atomic mass is 10.0. The first-order valence-corrected chi connectivity index (χ1v) is 13.9. The van der Waals surface area contributed by atoms with Gasteiger partial charge in [0, 0.05) is 50.4 Å². The third-order valence-corrected chi connectivity index (χ3v) is 8.08. The van der Waals surface area contributed by atoms with Gasteiger partial charge < -0.3 is 25.0 Å². The fourth-order valence-electron chi connectivity index (χ4n) is 4.72. The number of nitrogens with one attached hydrogen (secondary N) is 2. The highest BCUT2D eigenvalue weighted by molar-refractivity contribution is 7.19. The first-order chi connectivity index (χ1) is 18.3. The summed E-state index contributed by atoms with van der Waals surface area (Å²) in [6.07, 6.45) is 1.70. The average molecular weight is 560 g/mol. The Morgan fingerprint density at radius 3 is 2.71 bits per heavy atom. The van der Waals surface area contributed by atoms with Crippen LogP contribution in [0.3, 0.4) is 0 Å². The van der Waals surface area contributed by atoms with Gasteiger partial charge in [0.25, 0.3) is 11.8 Å². The number of thiophene rings is 1. The van der Waals surface area contributed by atoms with Gasteiger partial charge in [-0.2, -0.15) is 5.10 Å². The van der Waals surface area contributed by atoms with Crippen molar-refractivity contribution in [3.05, 3.63) is 45.7 Å². The third kappa shape index (κ3) is 5.92. The van der Waals surface area contributed by atoms with E-state index in [0.717, 1.165) is 30.8 Å². The van der Waals surface area contributed by atoms with Gasteiger partial charge in [-0.1, -0.05) is 16.8 Å². The van der Waals surface area contributed by atoms with Gasteiger partial charge in [-0.15, -0.1) is 11.3 Å². The summed E-state index contributed by atoms with van der Waals surface area (Å²) in [7, 11) is 0. The molecule has 0 aliphatic carbocycles. The van der Waals surface area contributed by atoms with Crippen LogP contribution in [-0.4, -0.2) is 87.3 Å². The molecule has 2 fully saturated rings. The van der Waals surface area contributed by atoms with Crippen molar-refractivity contribution in [1.29, 1.82) is 0 Å². The average Bonchev–Trinajstić information content (AvgIpc) is 3.64. The summed E-state index contributed by atoms with van der Waals surface area (Å²) in [5.74, 6) is -0.363. The maximum Gasteiger partial charge on any atom is 0.274 e. The zero-order chi connectivity index (χ0) is 26.8. The number of aromatic nitrogens is 3. The molecule has 0 atom stereocenters. The Morgan fingerprint density at radius 1 is 1.24 bits per heavy atom. The van der Waals surface area contributed by atoms with Crippen molar-refractivity contribution in [1.82, 2.24) is 35.4 Å². The van der Waals surface area contributed by atoms with Crippen molar-refractivity contribution >= 4 is 40.7 Å². The van der Waals surface area contributed by atoms with E-state index in [-0.39, 0.29) is 42.3 Å². The fraction of sp³-hybridized carbons (Fsp3) is 0.480. The fourth-order valence-corrected chi connectivity index (χ4v) is 5.71. The molecule has 2 saturated heterocycles. The zero-order valence-corrected chi connectivity index (χ0v) is 22.8. The first kappa shape index (κ1) is 26.4. The first-order valence-electron chi connectivity index (χ1n) is 12.7. The maximum absolute atomic E-state index is 13.4. The molecule has 3 aromatic rings. The lowest BCUT2D eigenvalue weighted by Crippen LogP contribution is -2.50. The van der Waals surface area contributed by atoms with Crippen molar-refractivity contribution < 1.29 is 18.9 Å². The second-order valence-corrected chi connectivity index (χ2v) is 11.5. The zero-order valence-electron chi connectivity index (χ0n) is 21.3. The topological polar surface area (TPSA) is 126 Å². The molecule has 3 amide bonds. The number of carbonyl (C=O) groups is 3. The number of hydrogen-bond donors (Lipinski definition) is 2. The van der Waals surface area contributed by atoms with Crippen LogP contribution in [0, 0.1) is 0 Å². The standard InChI is InChI=1S/C25H30ClN7O4S/c1-15(2)31-8-5-16(6-9-31)28-24(35)19-12-18(25(36)32-10-7-27-23(34)14-32)29-33(19)13-17-11-20(37-30-17)21-3-4-22(26)38-21/h3-4,11-12,15-16H,5-10,13-14H2,1-2H3,(H,27,34)(H,28,35). The molecule has 0 unspecified atom stereocenters. The summed E-state index contributed by atoms with van der Waals surface area (Å²) in [6, 6.07) is 7.39. The molecule has 2 aliphatic heterocycles. The third-order valence-electron chi connectivity index (χ3n) is 6.84. The normalized spacial score (nSPS) is 17.2. The van der Waals surface area contributed by atoms with Crippen molar-refractivity contribution in [2.75, 3.05) is 32.7 Å². The summed E-state index contributed by atoms with van der Waals surface area (Å²) in [4.78, 5) is 43.0. The molecule has 13 heteroatoms. The van der Waals surface area contributed by atoms with E-state index in [2.05, 4.69) is 39.6 Å². The summed E-state index contributed by atoms with van der Waals surface area (Å²) in [6.45, 7) is 7.01. The summed E-state index contributed by atoms with van der Waals surface area (Å²) >= 11 is 7.42. The van der Waals surface area contributed by atoms with Gasteiger partial charge in [0.05, 0.1) is 22.3 Å². The highest BCUT2D eigenvalue weighted by atomic mass is 35.5. The van der Waals surface area contributed by atoms with Crippen molar-refractivity contribution in [2.24, 2.45) is 0 Å². The number of piperazine rings is 1. The Kier molecular flexibility index (Phi) is 7.82. The van der Waals surface area contributed by atoms with Gasteiger partial charge in [0.15, 0.2) is 11.5 Å². The van der Waals surface area contributed by atoms with E-state index >= 15 is 0 Å². The molecule has 11 nitrogen and oxygen atoms in total. The quantitative estimate of drug-likeness (QED) is 0.455. The maximum atomic E-state index is 13.4. The molecule has 2 N–H and O–H groups in total. The second kappa shape index (κ2) is 11.3. The smallest absolute Gasteiger partial charge is 0.274 e. The lowest BCUT2D eigenvalue weighted by molar-refractivity contribution is -0.123. The van der Waals surface area contributed by atoms with E-state index in [4.69, 9.17) is 16.1 Å². The molecule has 38 heavy (non-hydrogen) atoms. The van der Waals surface area contributed by atoms with Gasteiger partial charge in [-0.25, -0.2) is 0 Å². The molecule has 0 spiro atoms. The highest BCUT2D eigenvalue weighted by Gasteiger charge is 2.29. The number of piperidine rings is 1. The molecule has 5 heterocycles. The number of likely N-dealkylation sites (tertiary alicyclic amines) is 1. The van der Waals surface area contributed by atoms with E-state index in [1.165, 1.54) is 27.0 Å². The summed E-state index contributed by atoms with van der Waals surface area (Å²) in [5.41, 5.74) is 0.904. The van der Waals surface area contributed by atoms with Crippen LogP contribution >= 0.6 is 22.9 Å². The van der Waals surface area contributed by atoms with E-state index < -0.39 is 5.91 Å². The molecule has 5 rings (SSSR count). The van der Waals surface area contributed by atoms with Gasteiger partial charge in [0.1, 0.15) is 11.4 Å². The molecule has 202 valence electrons. The van der Waals surface area contributed by atoms with E-state index in [1.54, 1.807) is 12.1 Å². The van der Waals surface area contributed by atoms with Crippen LogP contribution in [0.25, 0.3) is 10.6 Å². The summed E-state index contributed by atoms with van der Waals surface area (Å²) in [5, 5.41) is 14.4. The van der Waals surface area contributed by atoms with Crippen molar-refractivity contribution in [3.8, 4) is 10.6 Å². The van der Waals surface area contributed by atoms with Gasteiger partial charge >= 0.3 is 0 Å². The number of amides is 3.